The van der Waals surface area contributed by atoms with E-state index in [2.05, 4.69) is 55.7 Å². The van der Waals surface area contributed by atoms with Gasteiger partial charge in [-0.05, 0) is 18.1 Å². The molecule has 0 amide bonds. The lowest BCUT2D eigenvalue weighted by atomic mass is 9.98. The SMILES string of the molecule is COCCc1ccccc1NCc1csc(C(C)(C)C)n1. The molecule has 1 N–H and O–H groups in total. The lowest BCUT2D eigenvalue weighted by Crippen LogP contribution is -2.11. The molecule has 0 aliphatic rings. The zero-order valence-corrected chi connectivity index (χ0v) is 14.1. The number of thiazole rings is 1. The van der Waals surface area contributed by atoms with Crippen LogP contribution < -0.4 is 5.32 Å². The number of anilines is 1. The van der Waals surface area contributed by atoms with Crippen LogP contribution in [0.25, 0.3) is 0 Å². The maximum absolute atomic E-state index is 5.17. The number of rotatable bonds is 6. The van der Waals surface area contributed by atoms with Crippen molar-refractivity contribution < 1.29 is 4.74 Å². The Morgan fingerprint density at radius 2 is 2.00 bits per heavy atom. The van der Waals surface area contributed by atoms with Gasteiger partial charge in [-0.2, -0.15) is 0 Å². The van der Waals surface area contributed by atoms with Crippen molar-refractivity contribution in [2.45, 2.75) is 39.2 Å². The van der Waals surface area contributed by atoms with Gasteiger partial charge in [0.15, 0.2) is 0 Å². The average molecular weight is 304 g/mol. The molecule has 1 aromatic heterocycles. The van der Waals surface area contributed by atoms with E-state index in [9.17, 15) is 0 Å². The molecule has 0 radical (unpaired) electrons. The fraction of sp³-hybridized carbons (Fsp3) is 0.471. The second-order valence-electron chi connectivity index (χ2n) is 6.15. The summed E-state index contributed by atoms with van der Waals surface area (Å²) in [4.78, 5) is 4.72. The Balaban J connectivity index is 2.01. The third-order valence-electron chi connectivity index (χ3n) is 3.25. The summed E-state index contributed by atoms with van der Waals surface area (Å²) in [5.74, 6) is 0. The molecule has 0 bridgehead atoms. The number of para-hydroxylation sites is 1. The maximum Gasteiger partial charge on any atom is 0.0982 e. The summed E-state index contributed by atoms with van der Waals surface area (Å²) < 4.78 is 5.17. The van der Waals surface area contributed by atoms with Crippen LogP contribution in [0.2, 0.25) is 0 Å². The first kappa shape index (κ1) is 16.0. The fourth-order valence-corrected chi connectivity index (χ4v) is 2.95. The van der Waals surface area contributed by atoms with E-state index in [-0.39, 0.29) is 5.41 Å². The van der Waals surface area contributed by atoms with Gasteiger partial charge < -0.3 is 10.1 Å². The first-order valence-electron chi connectivity index (χ1n) is 7.26. The number of nitrogens with one attached hydrogen (secondary N) is 1. The maximum atomic E-state index is 5.17. The molecule has 1 heterocycles. The summed E-state index contributed by atoms with van der Waals surface area (Å²) in [7, 11) is 1.74. The van der Waals surface area contributed by atoms with Crippen LogP contribution in [0.15, 0.2) is 29.6 Å². The van der Waals surface area contributed by atoms with Crippen molar-refractivity contribution in [2.75, 3.05) is 19.0 Å². The first-order chi connectivity index (χ1) is 10.0. The molecule has 2 aromatic rings. The van der Waals surface area contributed by atoms with Gasteiger partial charge in [0.1, 0.15) is 0 Å². The van der Waals surface area contributed by atoms with Crippen molar-refractivity contribution in [1.29, 1.82) is 0 Å². The summed E-state index contributed by atoms with van der Waals surface area (Å²) in [5.41, 5.74) is 3.68. The standard InChI is InChI=1S/C17H24N2OS/c1-17(2,3)16-19-14(12-21-16)11-18-15-8-6-5-7-13(15)9-10-20-4/h5-8,12,18H,9-11H2,1-4H3. The zero-order valence-electron chi connectivity index (χ0n) is 13.3. The molecule has 0 spiro atoms. The highest BCUT2D eigenvalue weighted by atomic mass is 32.1. The van der Waals surface area contributed by atoms with Crippen LogP contribution in [0, 0.1) is 0 Å². The van der Waals surface area contributed by atoms with Crippen LogP contribution in [0.4, 0.5) is 5.69 Å². The number of aromatic nitrogens is 1. The predicted octanol–water partition coefficient (Wildman–Crippen LogP) is 4.24. The van der Waals surface area contributed by atoms with Crippen LogP contribution in [0.3, 0.4) is 0 Å². The molecule has 0 fully saturated rings. The second kappa shape index (κ2) is 7.05. The molecule has 0 saturated heterocycles. The zero-order chi connectivity index (χ0) is 15.3. The number of ether oxygens (including phenoxy) is 1. The van der Waals surface area contributed by atoms with Crippen molar-refractivity contribution in [3.63, 3.8) is 0 Å². The molecule has 0 aliphatic carbocycles. The van der Waals surface area contributed by atoms with E-state index in [0.717, 1.165) is 25.3 Å². The molecule has 0 unspecified atom stereocenters. The largest absolute Gasteiger partial charge is 0.384 e. The molecular formula is C17H24N2OS. The second-order valence-corrected chi connectivity index (χ2v) is 7.01. The van der Waals surface area contributed by atoms with E-state index in [1.165, 1.54) is 16.3 Å². The van der Waals surface area contributed by atoms with Crippen LogP contribution >= 0.6 is 11.3 Å². The minimum atomic E-state index is 0.124. The van der Waals surface area contributed by atoms with Gasteiger partial charge in [-0.3, -0.25) is 0 Å². The van der Waals surface area contributed by atoms with Gasteiger partial charge >= 0.3 is 0 Å². The fourth-order valence-electron chi connectivity index (χ4n) is 2.04. The van der Waals surface area contributed by atoms with Gasteiger partial charge in [0.2, 0.25) is 0 Å². The molecule has 3 nitrogen and oxygen atoms in total. The van der Waals surface area contributed by atoms with E-state index < -0.39 is 0 Å². The van der Waals surface area contributed by atoms with Crippen LogP contribution in [0.5, 0.6) is 0 Å². The van der Waals surface area contributed by atoms with Crippen LogP contribution in [-0.4, -0.2) is 18.7 Å². The molecule has 0 atom stereocenters. The average Bonchev–Trinajstić information content (AvgIpc) is 2.92. The molecule has 114 valence electrons. The van der Waals surface area contributed by atoms with Gasteiger partial charge in [0.05, 0.1) is 23.9 Å². The van der Waals surface area contributed by atoms with E-state index >= 15 is 0 Å². The quantitative estimate of drug-likeness (QED) is 0.866. The molecular weight excluding hydrogens is 280 g/mol. The molecule has 1 aromatic carbocycles. The van der Waals surface area contributed by atoms with Gasteiger partial charge in [0, 0.05) is 23.6 Å². The van der Waals surface area contributed by atoms with Gasteiger partial charge in [0.25, 0.3) is 0 Å². The summed E-state index contributed by atoms with van der Waals surface area (Å²) in [6.45, 7) is 8.09. The Kier molecular flexibility index (Phi) is 5.37. The van der Waals surface area contributed by atoms with Gasteiger partial charge in [-0.25, -0.2) is 4.98 Å². The van der Waals surface area contributed by atoms with Crippen molar-refractivity contribution in [2.24, 2.45) is 0 Å². The van der Waals surface area contributed by atoms with Crippen molar-refractivity contribution in [3.8, 4) is 0 Å². The summed E-state index contributed by atoms with van der Waals surface area (Å²) in [6, 6.07) is 8.38. The van der Waals surface area contributed by atoms with Crippen LogP contribution in [0.1, 0.15) is 37.0 Å². The normalized spacial score (nSPS) is 11.6. The number of nitrogens with zero attached hydrogens (tertiary/aromatic N) is 1. The molecule has 2 rings (SSSR count). The molecule has 4 heteroatoms. The third-order valence-corrected chi connectivity index (χ3v) is 4.56. The Morgan fingerprint density at radius 3 is 2.67 bits per heavy atom. The smallest absolute Gasteiger partial charge is 0.0982 e. The highest BCUT2D eigenvalue weighted by molar-refractivity contribution is 7.09. The van der Waals surface area contributed by atoms with Crippen LogP contribution in [-0.2, 0) is 23.1 Å². The number of methoxy groups -OCH3 is 1. The predicted molar refractivity (Wildman–Crippen MR) is 90.2 cm³/mol. The molecule has 0 saturated carbocycles. The lowest BCUT2D eigenvalue weighted by Gasteiger charge is -2.14. The van der Waals surface area contributed by atoms with Gasteiger partial charge in [-0.15, -0.1) is 11.3 Å². The first-order valence-corrected chi connectivity index (χ1v) is 8.14. The summed E-state index contributed by atoms with van der Waals surface area (Å²) >= 11 is 1.74. The van der Waals surface area contributed by atoms with Gasteiger partial charge in [-0.1, -0.05) is 39.0 Å². The van der Waals surface area contributed by atoms with Crippen molar-refractivity contribution in [3.05, 3.63) is 45.9 Å². The minimum Gasteiger partial charge on any atom is -0.384 e. The summed E-state index contributed by atoms with van der Waals surface area (Å²) in [6.07, 6.45) is 0.921. The molecule has 21 heavy (non-hydrogen) atoms. The van der Waals surface area contributed by atoms with E-state index in [0.29, 0.717) is 0 Å². The monoisotopic (exact) mass is 304 g/mol. The van der Waals surface area contributed by atoms with Crippen molar-refractivity contribution >= 4 is 17.0 Å². The highest BCUT2D eigenvalue weighted by Crippen LogP contribution is 2.26. The Morgan fingerprint density at radius 1 is 1.24 bits per heavy atom. The Labute approximate surface area is 131 Å². The van der Waals surface area contributed by atoms with E-state index in [1.54, 1.807) is 18.4 Å². The number of benzene rings is 1. The number of hydrogen-bond donors (Lipinski definition) is 1. The van der Waals surface area contributed by atoms with E-state index in [4.69, 9.17) is 9.72 Å². The highest BCUT2D eigenvalue weighted by Gasteiger charge is 2.17. The van der Waals surface area contributed by atoms with Crippen molar-refractivity contribution in [1.82, 2.24) is 4.98 Å². The van der Waals surface area contributed by atoms with E-state index in [1.807, 2.05) is 0 Å². The third kappa shape index (κ3) is 4.55. The minimum absolute atomic E-state index is 0.124. The Hall–Kier alpha value is -1.39. The topological polar surface area (TPSA) is 34.1 Å². The molecule has 0 aliphatic heterocycles. The Bertz CT molecular complexity index is 572. The lowest BCUT2D eigenvalue weighted by molar-refractivity contribution is 0.202. The summed E-state index contributed by atoms with van der Waals surface area (Å²) in [5, 5.41) is 6.82. The number of hydrogen-bond acceptors (Lipinski definition) is 4.